The number of anilines is 1. The number of benzene rings is 1. The highest BCUT2D eigenvalue weighted by atomic mass is 79.9. The summed E-state index contributed by atoms with van der Waals surface area (Å²) < 4.78 is 25.1. The minimum Gasteiger partial charge on any atom is -0.398 e. The lowest BCUT2D eigenvalue weighted by atomic mass is 10.2. The molecule has 17 heavy (non-hydrogen) atoms. The number of rotatable bonds is 3. The second-order valence-corrected chi connectivity index (χ2v) is 7.61. The molecule has 5 heteroatoms. The van der Waals surface area contributed by atoms with Crippen LogP contribution in [0.15, 0.2) is 22.7 Å². The van der Waals surface area contributed by atoms with E-state index in [-0.39, 0.29) is 11.0 Å². The molecule has 3 nitrogen and oxygen atoms in total. The van der Waals surface area contributed by atoms with E-state index in [4.69, 9.17) is 5.73 Å². The van der Waals surface area contributed by atoms with E-state index in [2.05, 4.69) is 15.9 Å². The lowest BCUT2D eigenvalue weighted by molar-refractivity contribution is 0.579. The fraction of sp³-hybridized carbons (Fsp3) is 0.500. The van der Waals surface area contributed by atoms with E-state index in [0.29, 0.717) is 10.2 Å². The fourth-order valence-corrected chi connectivity index (χ4v) is 4.84. The zero-order valence-electron chi connectivity index (χ0n) is 9.52. The lowest BCUT2D eigenvalue weighted by Gasteiger charge is -2.12. The summed E-state index contributed by atoms with van der Waals surface area (Å²) in [6.45, 7) is 0. The first-order chi connectivity index (χ1) is 8.00. The smallest absolute Gasteiger partial charge is 0.157 e. The molecule has 1 saturated carbocycles. The number of nitrogen functional groups attached to an aromatic ring is 1. The van der Waals surface area contributed by atoms with Crippen molar-refractivity contribution in [2.24, 2.45) is 0 Å². The quantitative estimate of drug-likeness (QED) is 0.872. The van der Waals surface area contributed by atoms with Crippen molar-refractivity contribution in [2.75, 3.05) is 5.73 Å². The van der Waals surface area contributed by atoms with Gasteiger partial charge in [0.05, 0.1) is 11.0 Å². The van der Waals surface area contributed by atoms with E-state index < -0.39 is 9.84 Å². The Labute approximate surface area is 110 Å². The van der Waals surface area contributed by atoms with Crippen LogP contribution >= 0.6 is 15.9 Å². The summed E-state index contributed by atoms with van der Waals surface area (Å²) in [7, 11) is -3.04. The van der Waals surface area contributed by atoms with E-state index in [1.165, 1.54) is 0 Å². The van der Waals surface area contributed by atoms with Gasteiger partial charge in [0.25, 0.3) is 0 Å². The van der Waals surface area contributed by atoms with Gasteiger partial charge in [0.2, 0.25) is 0 Å². The van der Waals surface area contributed by atoms with Gasteiger partial charge in [-0.05, 0) is 40.4 Å². The van der Waals surface area contributed by atoms with Gasteiger partial charge in [0, 0.05) is 10.2 Å². The van der Waals surface area contributed by atoms with E-state index in [0.717, 1.165) is 31.2 Å². The first kappa shape index (κ1) is 12.9. The molecule has 0 radical (unpaired) electrons. The summed E-state index contributed by atoms with van der Waals surface area (Å²) in [5, 5.41) is -0.157. The molecule has 0 heterocycles. The predicted molar refractivity (Wildman–Crippen MR) is 73.4 cm³/mol. The van der Waals surface area contributed by atoms with Crippen molar-refractivity contribution >= 4 is 31.5 Å². The van der Waals surface area contributed by atoms with Crippen molar-refractivity contribution < 1.29 is 8.42 Å². The zero-order valence-corrected chi connectivity index (χ0v) is 11.9. The molecule has 0 bridgehead atoms. The summed E-state index contributed by atoms with van der Waals surface area (Å²) in [5.41, 5.74) is 7.10. The first-order valence-electron chi connectivity index (χ1n) is 5.75. The summed E-state index contributed by atoms with van der Waals surface area (Å²) in [6, 6.07) is 5.36. The van der Waals surface area contributed by atoms with Gasteiger partial charge >= 0.3 is 0 Å². The van der Waals surface area contributed by atoms with Crippen LogP contribution in [0.1, 0.15) is 31.2 Å². The lowest BCUT2D eigenvalue weighted by Crippen LogP contribution is -2.19. The van der Waals surface area contributed by atoms with E-state index in [1.54, 1.807) is 12.1 Å². The van der Waals surface area contributed by atoms with Crippen LogP contribution < -0.4 is 5.73 Å². The van der Waals surface area contributed by atoms with Crippen LogP contribution in [0.2, 0.25) is 0 Å². The molecule has 1 aliphatic rings. The number of halogens is 1. The maximum absolute atomic E-state index is 12.2. The molecule has 1 aromatic carbocycles. The Morgan fingerprint density at radius 3 is 2.59 bits per heavy atom. The first-order valence-corrected chi connectivity index (χ1v) is 8.26. The molecule has 0 aromatic heterocycles. The van der Waals surface area contributed by atoms with E-state index >= 15 is 0 Å². The second-order valence-electron chi connectivity index (χ2n) is 4.53. The van der Waals surface area contributed by atoms with Gasteiger partial charge in [-0.25, -0.2) is 8.42 Å². The van der Waals surface area contributed by atoms with Crippen molar-refractivity contribution in [3.63, 3.8) is 0 Å². The molecule has 0 unspecified atom stereocenters. The van der Waals surface area contributed by atoms with Crippen molar-refractivity contribution in [2.45, 2.75) is 36.7 Å². The van der Waals surface area contributed by atoms with Crippen molar-refractivity contribution in [3.8, 4) is 0 Å². The van der Waals surface area contributed by atoms with Crippen LogP contribution in [0, 0.1) is 0 Å². The number of nitrogens with two attached hydrogens (primary N) is 1. The fourth-order valence-electron chi connectivity index (χ4n) is 2.29. The number of hydrogen-bond acceptors (Lipinski definition) is 3. The van der Waals surface area contributed by atoms with E-state index in [9.17, 15) is 8.42 Å². The third kappa shape index (κ3) is 2.83. The number of sulfone groups is 1. The third-order valence-corrected chi connectivity index (χ3v) is 6.44. The Balaban J connectivity index is 2.23. The van der Waals surface area contributed by atoms with Gasteiger partial charge in [-0.1, -0.05) is 25.0 Å². The molecular weight excluding hydrogens is 302 g/mol. The highest BCUT2D eigenvalue weighted by Crippen LogP contribution is 2.30. The van der Waals surface area contributed by atoms with Crippen molar-refractivity contribution in [1.29, 1.82) is 0 Å². The summed E-state index contributed by atoms with van der Waals surface area (Å²) in [4.78, 5) is 0. The Hall–Kier alpha value is -0.550. The monoisotopic (exact) mass is 317 g/mol. The van der Waals surface area contributed by atoms with Crippen molar-refractivity contribution in [1.82, 2.24) is 0 Å². The van der Waals surface area contributed by atoms with Crippen LogP contribution in [0.3, 0.4) is 0 Å². The van der Waals surface area contributed by atoms with Crippen molar-refractivity contribution in [3.05, 3.63) is 28.2 Å². The third-order valence-electron chi connectivity index (χ3n) is 3.28. The molecule has 1 aliphatic carbocycles. The molecule has 1 aromatic rings. The van der Waals surface area contributed by atoms with Gasteiger partial charge in [-0.2, -0.15) is 0 Å². The van der Waals surface area contributed by atoms with E-state index in [1.807, 2.05) is 6.07 Å². The molecule has 0 amide bonds. The molecule has 1 fully saturated rings. The van der Waals surface area contributed by atoms with Crippen LogP contribution in [0.5, 0.6) is 0 Å². The largest absolute Gasteiger partial charge is 0.398 e. The summed E-state index contributed by atoms with van der Waals surface area (Å²) in [5.74, 6) is 0.0866. The molecule has 0 spiro atoms. The number of hydrogen-bond donors (Lipinski definition) is 1. The summed E-state index contributed by atoms with van der Waals surface area (Å²) >= 11 is 3.35. The van der Waals surface area contributed by atoms with Gasteiger partial charge in [0.15, 0.2) is 9.84 Å². The Kier molecular flexibility index (Phi) is 3.78. The Morgan fingerprint density at radius 2 is 1.94 bits per heavy atom. The molecule has 2 rings (SSSR count). The van der Waals surface area contributed by atoms with Crippen LogP contribution in [0.4, 0.5) is 5.69 Å². The standard InChI is InChI=1S/C12H16BrNO2S/c13-12-9(4-3-7-11(12)14)8-17(15,16)10-5-1-2-6-10/h3-4,7,10H,1-2,5-6,8,14H2. The average molecular weight is 318 g/mol. The maximum Gasteiger partial charge on any atom is 0.157 e. The maximum atomic E-state index is 12.2. The highest BCUT2D eigenvalue weighted by molar-refractivity contribution is 9.10. The summed E-state index contributed by atoms with van der Waals surface area (Å²) in [6.07, 6.45) is 3.68. The average Bonchev–Trinajstić information content (AvgIpc) is 2.78. The zero-order chi connectivity index (χ0) is 12.5. The molecule has 0 aliphatic heterocycles. The Morgan fingerprint density at radius 1 is 1.29 bits per heavy atom. The van der Waals surface area contributed by atoms with Crippen LogP contribution in [-0.4, -0.2) is 13.7 Å². The van der Waals surface area contributed by atoms with Crippen LogP contribution in [-0.2, 0) is 15.6 Å². The topological polar surface area (TPSA) is 60.2 Å². The van der Waals surface area contributed by atoms with Gasteiger partial charge in [-0.3, -0.25) is 0 Å². The molecule has 2 N–H and O–H groups in total. The predicted octanol–water partition coefficient (Wildman–Crippen LogP) is 2.89. The van der Waals surface area contributed by atoms with Crippen LogP contribution in [0.25, 0.3) is 0 Å². The Bertz CT molecular complexity index is 507. The van der Waals surface area contributed by atoms with Gasteiger partial charge in [0.1, 0.15) is 0 Å². The molecule has 0 saturated heterocycles. The minimum absolute atomic E-state index is 0.0866. The SMILES string of the molecule is Nc1cccc(CS(=O)(=O)C2CCCC2)c1Br. The van der Waals surface area contributed by atoms with Gasteiger partial charge in [-0.15, -0.1) is 0 Å². The normalized spacial score (nSPS) is 17.5. The molecule has 94 valence electrons. The molecule has 0 atom stereocenters. The minimum atomic E-state index is -3.04. The molecular formula is C12H16BrNO2S. The second kappa shape index (κ2) is 4.98. The highest BCUT2D eigenvalue weighted by Gasteiger charge is 2.29. The van der Waals surface area contributed by atoms with Gasteiger partial charge < -0.3 is 5.73 Å².